The molecule has 0 aliphatic carbocycles. The summed E-state index contributed by atoms with van der Waals surface area (Å²) in [6.07, 6.45) is 0.826. The maximum Gasteiger partial charge on any atom is 0.312 e. The van der Waals surface area contributed by atoms with Crippen LogP contribution in [0.2, 0.25) is 0 Å². The summed E-state index contributed by atoms with van der Waals surface area (Å²) in [4.78, 5) is 34.8. The first-order chi connectivity index (χ1) is 13.2. The van der Waals surface area contributed by atoms with E-state index in [1.165, 1.54) is 0 Å². The van der Waals surface area contributed by atoms with Gasteiger partial charge in [0, 0.05) is 12.1 Å². The Hall–Kier alpha value is -3.23. The van der Waals surface area contributed by atoms with Crippen LogP contribution >= 0.6 is 0 Å². The highest BCUT2D eigenvalue weighted by atomic mass is 16.6. The highest BCUT2D eigenvalue weighted by Gasteiger charge is 2.22. The van der Waals surface area contributed by atoms with Gasteiger partial charge in [-0.2, -0.15) is 5.10 Å². The van der Waals surface area contributed by atoms with Gasteiger partial charge in [-0.3, -0.25) is 24.4 Å². The van der Waals surface area contributed by atoms with E-state index < -0.39 is 11.0 Å². The molecule has 1 unspecified atom stereocenters. The van der Waals surface area contributed by atoms with Gasteiger partial charge in [0.15, 0.2) is 0 Å². The minimum Gasteiger partial charge on any atom is -0.354 e. The molecule has 1 aromatic heterocycles. The summed E-state index contributed by atoms with van der Waals surface area (Å²) in [7, 11) is 0. The number of nitrogens with one attached hydrogen (secondary N) is 2. The maximum atomic E-state index is 12.3. The maximum absolute atomic E-state index is 12.3. The number of rotatable bonds is 8. The quantitative estimate of drug-likeness (QED) is 0.531. The highest BCUT2D eigenvalue weighted by Crippen LogP contribution is 2.22. The van der Waals surface area contributed by atoms with Crippen LogP contribution in [0.15, 0.2) is 24.3 Å². The van der Waals surface area contributed by atoms with Crippen molar-refractivity contribution >= 4 is 17.5 Å². The monoisotopic (exact) mass is 387 g/mol. The van der Waals surface area contributed by atoms with Crippen molar-refractivity contribution in [2.75, 3.05) is 6.54 Å². The molecular formula is C19H25N5O4. The summed E-state index contributed by atoms with van der Waals surface area (Å²) < 4.78 is 1.57. The van der Waals surface area contributed by atoms with Gasteiger partial charge in [0.25, 0.3) is 5.91 Å². The molecule has 0 spiro atoms. The number of nitrogens with zero attached hydrogens (tertiary/aromatic N) is 3. The van der Waals surface area contributed by atoms with E-state index in [9.17, 15) is 19.7 Å². The van der Waals surface area contributed by atoms with Crippen LogP contribution in [0.1, 0.15) is 47.6 Å². The van der Waals surface area contributed by atoms with Crippen molar-refractivity contribution in [3.63, 3.8) is 0 Å². The van der Waals surface area contributed by atoms with Gasteiger partial charge in [-0.05, 0) is 44.9 Å². The van der Waals surface area contributed by atoms with E-state index in [2.05, 4.69) is 15.7 Å². The molecule has 2 amide bonds. The number of benzene rings is 1. The average molecular weight is 387 g/mol. The number of carbonyl (C=O) groups excluding carboxylic acids is 2. The summed E-state index contributed by atoms with van der Waals surface area (Å²) in [5.41, 5.74) is 2.15. The number of hydrogen-bond acceptors (Lipinski definition) is 5. The lowest BCUT2D eigenvalue weighted by molar-refractivity contribution is -0.386. The van der Waals surface area contributed by atoms with Crippen LogP contribution < -0.4 is 10.6 Å². The SMILES string of the molecule is CCCNC(=O)C(C)NC(=O)c1ccc(Cn2nc(C)c([N+](=O)[O-])c2C)cc1. The summed E-state index contributed by atoms with van der Waals surface area (Å²) in [5, 5.41) is 20.7. The fourth-order valence-electron chi connectivity index (χ4n) is 2.79. The van der Waals surface area contributed by atoms with Crippen molar-refractivity contribution in [1.82, 2.24) is 20.4 Å². The third kappa shape index (κ3) is 4.93. The summed E-state index contributed by atoms with van der Waals surface area (Å²) >= 11 is 0. The number of hydrogen-bond donors (Lipinski definition) is 2. The van der Waals surface area contributed by atoms with Gasteiger partial charge in [0.05, 0.1) is 11.5 Å². The minimum absolute atomic E-state index is 0.0198. The molecule has 2 rings (SSSR count). The van der Waals surface area contributed by atoms with Gasteiger partial charge in [0.2, 0.25) is 5.91 Å². The number of aryl methyl sites for hydroxylation is 1. The smallest absolute Gasteiger partial charge is 0.312 e. The Morgan fingerprint density at radius 3 is 2.43 bits per heavy atom. The molecular weight excluding hydrogens is 362 g/mol. The van der Waals surface area contributed by atoms with Gasteiger partial charge in [-0.15, -0.1) is 0 Å². The third-order valence-corrected chi connectivity index (χ3v) is 4.36. The van der Waals surface area contributed by atoms with E-state index in [4.69, 9.17) is 0 Å². The molecule has 0 fully saturated rings. The topological polar surface area (TPSA) is 119 Å². The van der Waals surface area contributed by atoms with Crippen LogP contribution in [-0.4, -0.2) is 39.1 Å². The Balaban J connectivity index is 2.03. The zero-order valence-corrected chi connectivity index (χ0v) is 16.5. The molecule has 28 heavy (non-hydrogen) atoms. The molecule has 0 aliphatic heterocycles. The molecule has 150 valence electrons. The van der Waals surface area contributed by atoms with E-state index in [1.54, 1.807) is 49.7 Å². The molecule has 1 aromatic carbocycles. The largest absolute Gasteiger partial charge is 0.354 e. The Kier molecular flexibility index (Phi) is 6.86. The van der Waals surface area contributed by atoms with Crippen molar-refractivity contribution in [2.24, 2.45) is 0 Å². The average Bonchev–Trinajstić information content (AvgIpc) is 2.93. The Morgan fingerprint density at radius 1 is 1.25 bits per heavy atom. The molecule has 0 bridgehead atoms. The van der Waals surface area contributed by atoms with Crippen LogP contribution in [0.25, 0.3) is 0 Å². The van der Waals surface area contributed by atoms with Crippen molar-refractivity contribution < 1.29 is 14.5 Å². The highest BCUT2D eigenvalue weighted by molar-refractivity contribution is 5.97. The molecule has 1 heterocycles. The van der Waals surface area contributed by atoms with Gasteiger partial charge < -0.3 is 10.6 Å². The van der Waals surface area contributed by atoms with Crippen molar-refractivity contribution in [3.8, 4) is 0 Å². The second-order valence-corrected chi connectivity index (χ2v) is 6.62. The second-order valence-electron chi connectivity index (χ2n) is 6.62. The molecule has 9 nitrogen and oxygen atoms in total. The van der Waals surface area contributed by atoms with E-state index in [-0.39, 0.29) is 17.5 Å². The summed E-state index contributed by atoms with van der Waals surface area (Å²) in [6.45, 7) is 7.77. The number of nitro groups is 1. The van der Waals surface area contributed by atoms with Crippen LogP contribution in [0, 0.1) is 24.0 Å². The molecule has 0 aliphatic rings. The normalized spacial score (nSPS) is 11.7. The minimum atomic E-state index is -0.631. The molecule has 0 saturated heterocycles. The van der Waals surface area contributed by atoms with Crippen molar-refractivity contribution in [3.05, 3.63) is 56.9 Å². The number of aromatic nitrogens is 2. The zero-order chi connectivity index (χ0) is 20.8. The Bertz CT molecular complexity index is 873. The van der Waals surface area contributed by atoms with Gasteiger partial charge >= 0.3 is 5.69 Å². The fraction of sp³-hybridized carbons (Fsp3) is 0.421. The lowest BCUT2D eigenvalue weighted by Crippen LogP contribution is -2.45. The third-order valence-electron chi connectivity index (χ3n) is 4.36. The molecule has 1 atom stereocenters. The van der Waals surface area contributed by atoms with Gasteiger partial charge in [-0.1, -0.05) is 19.1 Å². The molecule has 0 saturated carbocycles. The summed E-state index contributed by atoms with van der Waals surface area (Å²) in [6, 6.07) is 6.20. The summed E-state index contributed by atoms with van der Waals surface area (Å²) in [5.74, 6) is -0.564. The number of amides is 2. The standard InChI is InChI=1S/C19H25N5O4/c1-5-10-20-18(25)13(3)21-19(26)16-8-6-15(7-9-16)11-23-14(4)17(24(27)28)12(2)22-23/h6-9,13H,5,10-11H2,1-4H3,(H,20,25)(H,21,26). The van der Waals surface area contributed by atoms with E-state index in [1.807, 2.05) is 6.92 Å². The predicted molar refractivity (Wildman–Crippen MR) is 104 cm³/mol. The zero-order valence-electron chi connectivity index (χ0n) is 16.5. The van der Waals surface area contributed by atoms with Crippen LogP contribution in [0.5, 0.6) is 0 Å². The fourth-order valence-corrected chi connectivity index (χ4v) is 2.79. The first-order valence-corrected chi connectivity index (χ1v) is 9.10. The predicted octanol–water partition coefficient (Wildman–Crippen LogP) is 2.10. The molecule has 2 N–H and O–H groups in total. The van der Waals surface area contributed by atoms with Crippen LogP contribution in [0.3, 0.4) is 0 Å². The van der Waals surface area contributed by atoms with Gasteiger partial charge in [0.1, 0.15) is 17.4 Å². The second kappa shape index (κ2) is 9.12. The molecule has 9 heteroatoms. The first-order valence-electron chi connectivity index (χ1n) is 9.10. The lowest BCUT2D eigenvalue weighted by Gasteiger charge is -2.14. The lowest BCUT2D eigenvalue weighted by atomic mass is 10.1. The van der Waals surface area contributed by atoms with E-state index in [0.717, 1.165) is 12.0 Å². The molecule has 0 radical (unpaired) electrons. The van der Waals surface area contributed by atoms with E-state index >= 15 is 0 Å². The van der Waals surface area contributed by atoms with Crippen molar-refractivity contribution in [2.45, 2.75) is 46.7 Å². The van der Waals surface area contributed by atoms with Crippen molar-refractivity contribution in [1.29, 1.82) is 0 Å². The Labute approximate surface area is 163 Å². The van der Waals surface area contributed by atoms with Crippen LogP contribution in [0.4, 0.5) is 5.69 Å². The number of carbonyl (C=O) groups is 2. The molecule has 2 aromatic rings. The first kappa shape index (κ1) is 21.1. The Morgan fingerprint density at radius 2 is 1.89 bits per heavy atom. The van der Waals surface area contributed by atoms with Gasteiger partial charge in [-0.25, -0.2) is 0 Å². The van der Waals surface area contributed by atoms with Crippen LogP contribution in [-0.2, 0) is 11.3 Å². The van der Waals surface area contributed by atoms with E-state index in [0.29, 0.717) is 30.0 Å².